The lowest BCUT2D eigenvalue weighted by Gasteiger charge is -2.10. The minimum Gasteiger partial charge on any atom is -0.396 e. The number of aliphatic hydroxyl groups excluding tert-OH is 1. The van der Waals surface area contributed by atoms with Crippen LogP contribution in [0.2, 0.25) is 0 Å². The van der Waals surface area contributed by atoms with E-state index in [1.807, 2.05) is 0 Å². The Hall–Kier alpha value is -1.05. The van der Waals surface area contributed by atoms with Crippen molar-refractivity contribution >= 4 is 22.4 Å². The topological polar surface area (TPSA) is 75.6 Å². The summed E-state index contributed by atoms with van der Waals surface area (Å²) in [5.41, 5.74) is 0. The fraction of sp³-hybridized carbons (Fsp3) is 0.667. The zero-order chi connectivity index (χ0) is 11.5. The summed E-state index contributed by atoms with van der Waals surface area (Å²) in [5, 5.41) is 18.2. The number of aliphatic hydroxyl groups is 1. The van der Waals surface area contributed by atoms with Crippen LogP contribution in [0.1, 0.15) is 11.4 Å². The van der Waals surface area contributed by atoms with E-state index >= 15 is 0 Å². The van der Waals surface area contributed by atoms with E-state index in [9.17, 15) is 4.79 Å². The van der Waals surface area contributed by atoms with Gasteiger partial charge in [0, 0.05) is 32.6 Å². The Bertz CT molecular complexity index is 382. The summed E-state index contributed by atoms with van der Waals surface area (Å²) >= 11 is 1.35. The Labute approximate surface area is 96.9 Å². The van der Waals surface area contributed by atoms with Crippen molar-refractivity contribution < 1.29 is 14.6 Å². The lowest BCUT2D eigenvalue weighted by Crippen LogP contribution is -2.24. The van der Waals surface area contributed by atoms with Gasteiger partial charge in [0.1, 0.15) is 11.6 Å². The molecule has 1 aromatic rings. The van der Waals surface area contributed by atoms with Crippen molar-refractivity contribution in [2.45, 2.75) is 13.0 Å². The SMILES string of the molecule is COCc1nnc(N2CC(CO)CC2=O)s1. The zero-order valence-electron chi connectivity index (χ0n) is 8.92. The normalized spacial score (nSPS) is 20.8. The average molecular weight is 243 g/mol. The first kappa shape index (κ1) is 11.4. The van der Waals surface area contributed by atoms with E-state index in [1.165, 1.54) is 11.3 Å². The standard InChI is InChI=1S/C9H13N3O3S/c1-15-5-7-10-11-9(16-7)12-3-6(4-13)2-8(12)14/h6,13H,2-5H2,1H3. The second-order valence-electron chi connectivity index (χ2n) is 3.67. The maximum absolute atomic E-state index is 11.6. The van der Waals surface area contributed by atoms with Gasteiger partial charge in [-0.3, -0.25) is 9.69 Å². The summed E-state index contributed by atoms with van der Waals surface area (Å²) in [4.78, 5) is 13.2. The van der Waals surface area contributed by atoms with Crippen LogP contribution in [0.15, 0.2) is 0 Å². The molecular formula is C9H13N3O3S. The molecule has 0 aliphatic carbocycles. The van der Waals surface area contributed by atoms with Crippen LogP contribution in [-0.4, -0.2) is 41.5 Å². The number of aromatic nitrogens is 2. The third kappa shape index (κ3) is 2.21. The van der Waals surface area contributed by atoms with Gasteiger partial charge in [0.05, 0.1) is 0 Å². The number of hydrogen-bond donors (Lipinski definition) is 1. The molecule has 1 aliphatic rings. The number of methoxy groups -OCH3 is 1. The van der Waals surface area contributed by atoms with Crippen molar-refractivity contribution in [3.05, 3.63) is 5.01 Å². The first-order valence-electron chi connectivity index (χ1n) is 4.97. The maximum atomic E-state index is 11.6. The largest absolute Gasteiger partial charge is 0.396 e. The van der Waals surface area contributed by atoms with Crippen LogP contribution in [-0.2, 0) is 16.1 Å². The molecule has 1 saturated heterocycles. The monoisotopic (exact) mass is 243 g/mol. The van der Waals surface area contributed by atoms with Crippen LogP contribution in [0.4, 0.5) is 5.13 Å². The molecule has 16 heavy (non-hydrogen) atoms. The van der Waals surface area contributed by atoms with Gasteiger partial charge in [-0.15, -0.1) is 10.2 Å². The quantitative estimate of drug-likeness (QED) is 0.807. The van der Waals surface area contributed by atoms with E-state index in [0.29, 0.717) is 24.7 Å². The van der Waals surface area contributed by atoms with Crippen molar-refractivity contribution in [2.75, 3.05) is 25.2 Å². The highest BCUT2D eigenvalue weighted by Crippen LogP contribution is 2.27. The summed E-state index contributed by atoms with van der Waals surface area (Å²) in [6, 6.07) is 0. The third-order valence-corrected chi connectivity index (χ3v) is 3.34. The van der Waals surface area contributed by atoms with Crippen molar-refractivity contribution in [3.63, 3.8) is 0 Å². The predicted molar refractivity (Wildman–Crippen MR) is 58.2 cm³/mol. The molecule has 1 amide bonds. The van der Waals surface area contributed by atoms with E-state index in [-0.39, 0.29) is 18.4 Å². The molecule has 7 heteroatoms. The van der Waals surface area contributed by atoms with Gasteiger partial charge >= 0.3 is 0 Å². The number of hydrogen-bond acceptors (Lipinski definition) is 6. The third-order valence-electron chi connectivity index (χ3n) is 2.42. The molecule has 0 aromatic carbocycles. The van der Waals surface area contributed by atoms with E-state index in [4.69, 9.17) is 9.84 Å². The number of nitrogens with zero attached hydrogens (tertiary/aromatic N) is 3. The van der Waals surface area contributed by atoms with Gasteiger partial charge in [0.15, 0.2) is 0 Å². The molecule has 1 unspecified atom stereocenters. The number of carbonyl (C=O) groups excluding carboxylic acids is 1. The molecule has 6 nitrogen and oxygen atoms in total. The van der Waals surface area contributed by atoms with Crippen molar-refractivity contribution in [1.82, 2.24) is 10.2 Å². The van der Waals surface area contributed by atoms with Crippen LogP contribution in [0.3, 0.4) is 0 Å². The molecule has 0 bridgehead atoms. The van der Waals surface area contributed by atoms with Gasteiger partial charge in [-0.05, 0) is 0 Å². The van der Waals surface area contributed by atoms with E-state index < -0.39 is 0 Å². The Morgan fingerprint density at radius 3 is 3.06 bits per heavy atom. The van der Waals surface area contributed by atoms with Gasteiger partial charge < -0.3 is 9.84 Å². The van der Waals surface area contributed by atoms with Gasteiger partial charge in [0.2, 0.25) is 11.0 Å². The minimum absolute atomic E-state index is 0.000771. The van der Waals surface area contributed by atoms with E-state index in [0.717, 1.165) is 5.01 Å². The molecule has 0 saturated carbocycles. The molecular weight excluding hydrogens is 230 g/mol. The van der Waals surface area contributed by atoms with Crippen LogP contribution < -0.4 is 4.90 Å². The molecule has 1 aromatic heterocycles. The molecule has 1 atom stereocenters. The van der Waals surface area contributed by atoms with Crippen LogP contribution in [0.25, 0.3) is 0 Å². The molecule has 88 valence electrons. The maximum Gasteiger partial charge on any atom is 0.229 e. The molecule has 2 heterocycles. The highest BCUT2D eigenvalue weighted by atomic mass is 32.1. The van der Waals surface area contributed by atoms with E-state index in [2.05, 4.69) is 10.2 Å². The van der Waals surface area contributed by atoms with Crippen LogP contribution in [0.5, 0.6) is 0 Å². The Morgan fingerprint density at radius 2 is 2.44 bits per heavy atom. The molecule has 1 fully saturated rings. The number of ether oxygens (including phenoxy) is 1. The summed E-state index contributed by atoms with van der Waals surface area (Å²) < 4.78 is 4.94. The van der Waals surface area contributed by atoms with Crippen molar-refractivity contribution in [1.29, 1.82) is 0 Å². The smallest absolute Gasteiger partial charge is 0.229 e. The van der Waals surface area contributed by atoms with E-state index in [1.54, 1.807) is 12.0 Å². The number of rotatable bonds is 4. The Kier molecular flexibility index (Phi) is 3.47. The molecule has 1 aliphatic heterocycles. The van der Waals surface area contributed by atoms with Gasteiger partial charge in [-0.1, -0.05) is 11.3 Å². The average Bonchev–Trinajstić information content (AvgIpc) is 2.85. The fourth-order valence-electron chi connectivity index (χ4n) is 1.62. The highest BCUT2D eigenvalue weighted by Gasteiger charge is 2.32. The number of amides is 1. The van der Waals surface area contributed by atoms with Gasteiger partial charge in [-0.25, -0.2) is 0 Å². The number of anilines is 1. The zero-order valence-corrected chi connectivity index (χ0v) is 9.74. The Balaban J connectivity index is 2.09. The second-order valence-corrected chi connectivity index (χ2v) is 4.71. The summed E-state index contributed by atoms with van der Waals surface area (Å²) in [7, 11) is 1.59. The lowest BCUT2D eigenvalue weighted by molar-refractivity contribution is -0.117. The van der Waals surface area contributed by atoms with Crippen LogP contribution >= 0.6 is 11.3 Å². The summed E-state index contributed by atoms with van der Waals surface area (Å²) in [5.74, 6) is 0.0152. The summed E-state index contributed by atoms with van der Waals surface area (Å²) in [6.45, 7) is 0.964. The molecule has 0 radical (unpaired) electrons. The molecule has 1 N–H and O–H groups in total. The predicted octanol–water partition coefficient (Wildman–Crippen LogP) is 0.0297. The first-order valence-corrected chi connectivity index (χ1v) is 5.78. The van der Waals surface area contributed by atoms with Gasteiger partial charge in [-0.2, -0.15) is 0 Å². The highest BCUT2D eigenvalue weighted by molar-refractivity contribution is 7.15. The molecule has 2 rings (SSSR count). The van der Waals surface area contributed by atoms with Crippen molar-refractivity contribution in [2.24, 2.45) is 5.92 Å². The molecule has 0 spiro atoms. The van der Waals surface area contributed by atoms with Crippen LogP contribution in [0, 0.1) is 5.92 Å². The minimum atomic E-state index is -0.000771. The summed E-state index contributed by atoms with van der Waals surface area (Å²) in [6.07, 6.45) is 0.385. The Morgan fingerprint density at radius 1 is 1.62 bits per heavy atom. The number of carbonyl (C=O) groups is 1. The van der Waals surface area contributed by atoms with Gasteiger partial charge in [0.25, 0.3) is 0 Å². The lowest BCUT2D eigenvalue weighted by atomic mass is 10.1. The first-order chi connectivity index (χ1) is 7.74. The second kappa shape index (κ2) is 4.86. The fourth-order valence-corrected chi connectivity index (χ4v) is 2.46. The van der Waals surface area contributed by atoms with Crippen molar-refractivity contribution in [3.8, 4) is 0 Å².